The average molecular weight is 339 g/mol. The van der Waals surface area contributed by atoms with Crippen LogP contribution >= 0.6 is 0 Å². The van der Waals surface area contributed by atoms with Crippen LogP contribution in [0.4, 0.5) is 0 Å². The Morgan fingerprint density at radius 3 is 2.68 bits per heavy atom. The number of methoxy groups -OCH3 is 1. The summed E-state index contributed by atoms with van der Waals surface area (Å²) in [7, 11) is 1.64. The molecule has 1 atom stereocenters. The van der Waals surface area contributed by atoms with E-state index in [1.165, 1.54) is 0 Å². The Balaban J connectivity index is 1.94. The summed E-state index contributed by atoms with van der Waals surface area (Å²) < 4.78 is 11.4. The zero-order valence-electron chi connectivity index (χ0n) is 15.5. The smallest absolute Gasteiger partial charge is 0.252 e. The number of hydrogen-bond donors (Lipinski definition) is 1. The molecule has 0 bridgehead atoms. The first kappa shape index (κ1) is 17.3. The summed E-state index contributed by atoms with van der Waals surface area (Å²) >= 11 is 0. The van der Waals surface area contributed by atoms with Crippen LogP contribution in [0, 0.1) is 13.8 Å². The second-order valence-electron chi connectivity index (χ2n) is 7.31. The van der Waals surface area contributed by atoms with Crippen LogP contribution in [0.5, 0.6) is 11.5 Å². The third-order valence-corrected chi connectivity index (χ3v) is 4.62. The Bertz CT molecular complexity index is 811. The van der Waals surface area contributed by atoms with Crippen molar-refractivity contribution in [3.05, 3.63) is 58.7 Å². The lowest BCUT2D eigenvalue weighted by molar-refractivity contribution is 0.0618. The van der Waals surface area contributed by atoms with Crippen LogP contribution in [0.15, 0.2) is 36.4 Å². The van der Waals surface area contributed by atoms with Gasteiger partial charge < -0.3 is 14.8 Å². The van der Waals surface area contributed by atoms with Gasteiger partial charge in [0, 0.05) is 17.5 Å². The topological polar surface area (TPSA) is 47.6 Å². The quantitative estimate of drug-likeness (QED) is 0.904. The second-order valence-corrected chi connectivity index (χ2v) is 7.31. The fourth-order valence-electron chi connectivity index (χ4n) is 3.30. The minimum atomic E-state index is -0.346. The number of ether oxygens (including phenoxy) is 2. The number of fused-ring (bicyclic) bond motifs is 1. The van der Waals surface area contributed by atoms with Crippen LogP contribution in [-0.2, 0) is 0 Å². The van der Waals surface area contributed by atoms with Crippen LogP contribution in [-0.4, -0.2) is 18.6 Å². The summed E-state index contributed by atoms with van der Waals surface area (Å²) in [5, 5.41) is 3.19. The molecular weight excluding hydrogens is 314 g/mol. The van der Waals surface area contributed by atoms with E-state index in [2.05, 4.69) is 5.32 Å². The third-order valence-electron chi connectivity index (χ3n) is 4.62. The van der Waals surface area contributed by atoms with Gasteiger partial charge >= 0.3 is 0 Å². The minimum Gasteiger partial charge on any atom is -0.497 e. The molecule has 1 aliphatic heterocycles. The van der Waals surface area contributed by atoms with Crippen molar-refractivity contribution in [2.45, 2.75) is 45.8 Å². The van der Waals surface area contributed by atoms with Gasteiger partial charge in [0.15, 0.2) is 0 Å². The van der Waals surface area contributed by atoms with Crippen molar-refractivity contribution in [3.8, 4) is 11.5 Å². The van der Waals surface area contributed by atoms with Crippen LogP contribution in [0.3, 0.4) is 0 Å². The molecule has 1 heterocycles. The molecule has 4 heteroatoms. The van der Waals surface area contributed by atoms with E-state index in [9.17, 15) is 4.79 Å². The molecule has 4 nitrogen and oxygen atoms in total. The van der Waals surface area contributed by atoms with E-state index < -0.39 is 0 Å². The predicted molar refractivity (Wildman–Crippen MR) is 98.4 cm³/mol. The molecule has 0 radical (unpaired) electrons. The fourth-order valence-corrected chi connectivity index (χ4v) is 3.30. The van der Waals surface area contributed by atoms with Gasteiger partial charge in [-0.15, -0.1) is 0 Å². The van der Waals surface area contributed by atoms with Crippen LogP contribution in [0.25, 0.3) is 0 Å². The van der Waals surface area contributed by atoms with E-state index in [-0.39, 0.29) is 17.6 Å². The molecule has 3 rings (SSSR count). The molecule has 1 aliphatic rings. The molecule has 2 aromatic carbocycles. The monoisotopic (exact) mass is 339 g/mol. The second kappa shape index (κ2) is 6.43. The number of nitrogens with one attached hydrogen (secondary N) is 1. The number of aryl methyl sites for hydroxylation is 2. The molecule has 0 fully saturated rings. The predicted octanol–water partition coefficient (Wildman–Crippen LogP) is 4.34. The molecule has 0 spiro atoms. The Morgan fingerprint density at radius 2 is 1.96 bits per heavy atom. The van der Waals surface area contributed by atoms with Gasteiger partial charge in [-0.05, 0) is 57.5 Å². The molecule has 2 aromatic rings. The molecular formula is C21H25NO3. The Kier molecular flexibility index (Phi) is 4.46. The van der Waals surface area contributed by atoms with Gasteiger partial charge in [0.2, 0.25) is 0 Å². The van der Waals surface area contributed by atoms with E-state index in [0.29, 0.717) is 12.0 Å². The van der Waals surface area contributed by atoms with Crippen molar-refractivity contribution in [2.24, 2.45) is 0 Å². The Labute approximate surface area is 149 Å². The van der Waals surface area contributed by atoms with Crippen LogP contribution < -0.4 is 14.8 Å². The van der Waals surface area contributed by atoms with Gasteiger partial charge in [-0.3, -0.25) is 4.79 Å². The first-order chi connectivity index (χ1) is 11.8. The number of carbonyl (C=O) groups is 1. The molecule has 0 unspecified atom stereocenters. The lowest BCUT2D eigenvalue weighted by Crippen LogP contribution is -2.41. The summed E-state index contributed by atoms with van der Waals surface area (Å²) in [5.74, 6) is 1.49. The largest absolute Gasteiger partial charge is 0.497 e. The van der Waals surface area contributed by atoms with E-state index >= 15 is 0 Å². The van der Waals surface area contributed by atoms with Crippen LogP contribution in [0.2, 0.25) is 0 Å². The highest BCUT2D eigenvalue weighted by Gasteiger charge is 2.35. The van der Waals surface area contributed by atoms with E-state index in [4.69, 9.17) is 9.47 Å². The maximum atomic E-state index is 12.9. The average Bonchev–Trinajstić information content (AvgIpc) is 2.55. The summed E-state index contributed by atoms with van der Waals surface area (Å²) in [6, 6.07) is 11.5. The normalized spacial score (nSPS) is 18.0. The molecule has 0 aliphatic carbocycles. The molecule has 132 valence electrons. The van der Waals surface area contributed by atoms with E-state index in [1.807, 2.05) is 64.1 Å². The van der Waals surface area contributed by atoms with Crippen molar-refractivity contribution >= 4 is 5.91 Å². The van der Waals surface area contributed by atoms with Gasteiger partial charge in [0.05, 0.1) is 13.2 Å². The van der Waals surface area contributed by atoms with Crippen molar-refractivity contribution in [1.82, 2.24) is 5.32 Å². The number of benzene rings is 2. The minimum absolute atomic E-state index is 0.0577. The molecule has 0 aromatic heterocycles. The van der Waals surface area contributed by atoms with Crippen molar-refractivity contribution in [2.75, 3.05) is 7.11 Å². The standard InChI is InChI=1S/C21H25NO3/c1-13-6-7-14(2)16(10-13)20(23)22-18-12-21(3,4)25-19-9-8-15(24-5)11-17(18)19/h6-11,18H,12H2,1-5H3,(H,22,23)/t18-/m0/s1. The Morgan fingerprint density at radius 1 is 1.20 bits per heavy atom. The summed E-state index contributed by atoms with van der Waals surface area (Å²) in [6.45, 7) is 8.03. The zero-order valence-corrected chi connectivity index (χ0v) is 15.5. The summed E-state index contributed by atoms with van der Waals surface area (Å²) in [4.78, 5) is 12.9. The van der Waals surface area contributed by atoms with E-state index in [1.54, 1.807) is 7.11 Å². The van der Waals surface area contributed by atoms with Gasteiger partial charge in [-0.2, -0.15) is 0 Å². The zero-order chi connectivity index (χ0) is 18.2. The van der Waals surface area contributed by atoms with Crippen molar-refractivity contribution < 1.29 is 14.3 Å². The van der Waals surface area contributed by atoms with Gasteiger partial charge in [-0.1, -0.05) is 17.7 Å². The highest BCUT2D eigenvalue weighted by Crippen LogP contribution is 2.41. The number of rotatable bonds is 3. The van der Waals surface area contributed by atoms with Gasteiger partial charge in [0.25, 0.3) is 5.91 Å². The van der Waals surface area contributed by atoms with Crippen molar-refractivity contribution in [3.63, 3.8) is 0 Å². The number of amides is 1. The lowest BCUT2D eigenvalue weighted by Gasteiger charge is -2.38. The van der Waals surface area contributed by atoms with E-state index in [0.717, 1.165) is 28.2 Å². The summed E-state index contributed by atoms with van der Waals surface area (Å²) in [6.07, 6.45) is 0.698. The van der Waals surface area contributed by atoms with Gasteiger partial charge in [0.1, 0.15) is 17.1 Å². The molecule has 0 saturated carbocycles. The highest BCUT2D eigenvalue weighted by molar-refractivity contribution is 5.96. The lowest BCUT2D eigenvalue weighted by atomic mass is 9.89. The molecule has 0 saturated heterocycles. The first-order valence-electron chi connectivity index (χ1n) is 8.54. The summed E-state index contributed by atoms with van der Waals surface area (Å²) in [5.41, 5.74) is 3.37. The number of carbonyl (C=O) groups excluding carboxylic acids is 1. The Hall–Kier alpha value is -2.49. The fraction of sp³-hybridized carbons (Fsp3) is 0.381. The maximum absolute atomic E-state index is 12.9. The SMILES string of the molecule is COc1ccc2c(c1)[C@@H](NC(=O)c1cc(C)ccc1C)CC(C)(C)O2. The molecule has 1 amide bonds. The third kappa shape index (κ3) is 3.63. The van der Waals surface area contributed by atoms with Gasteiger partial charge in [-0.25, -0.2) is 0 Å². The molecule has 25 heavy (non-hydrogen) atoms. The van der Waals surface area contributed by atoms with Crippen molar-refractivity contribution in [1.29, 1.82) is 0 Å². The van der Waals surface area contributed by atoms with Crippen LogP contribution in [0.1, 0.15) is 53.4 Å². The highest BCUT2D eigenvalue weighted by atomic mass is 16.5. The molecule has 1 N–H and O–H groups in total. The first-order valence-corrected chi connectivity index (χ1v) is 8.54. The number of hydrogen-bond acceptors (Lipinski definition) is 3. The maximum Gasteiger partial charge on any atom is 0.252 e.